The summed E-state index contributed by atoms with van der Waals surface area (Å²) in [7, 11) is 0. The predicted octanol–water partition coefficient (Wildman–Crippen LogP) is 6.35. The predicted molar refractivity (Wildman–Crippen MR) is 108 cm³/mol. The maximum atomic E-state index is 14.0. The van der Waals surface area contributed by atoms with Crippen LogP contribution in [0, 0.1) is 17.8 Å². The minimum absolute atomic E-state index is 0.388. The van der Waals surface area contributed by atoms with Gasteiger partial charge >= 0.3 is 6.18 Å². The van der Waals surface area contributed by atoms with Crippen molar-refractivity contribution in [1.29, 1.82) is 0 Å². The fraction of sp³-hybridized carbons (Fsp3) is 0.458. The van der Waals surface area contributed by atoms with Crippen LogP contribution >= 0.6 is 0 Å². The average molecular weight is 411 g/mol. The highest BCUT2D eigenvalue weighted by Crippen LogP contribution is 2.62. The highest BCUT2D eigenvalue weighted by Gasteiger charge is 2.55. The van der Waals surface area contributed by atoms with Crippen molar-refractivity contribution in [3.8, 4) is 16.9 Å². The number of aromatic amines is 1. The number of H-pyrrole nitrogens is 1. The molecule has 7 rings (SSSR count). The number of benzene rings is 1. The molecule has 4 bridgehead atoms. The van der Waals surface area contributed by atoms with Crippen molar-refractivity contribution in [2.45, 2.75) is 50.1 Å². The van der Waals surface area contributed by atoms with Crippen LogP contribution in [0.5, 0.6) is 0 Å². The molecule has 0 radical (unpaired) electrons. The van der Waals surface area contributed by atoms with E-state index < -0.39 is 11.9 Å². The van der Waals surface area contributed by atoms with Gasteiger partial charge in [0, 0.05) is 34.6 Å². The monoisotopic (exact) mass is 411 g/mol. The number of nitrogens with one attached hydrogen (secondary N) is 1. The van der Waals surface area contributed by atoms with E-state index in [4.69, 9.17) is 0 Å². The van der Waals surface area contributed by atoms with Crippen molar-refractivity contribution >= 4 is 0 Å². The third-order valence-corrected chi connectivity index (χ3v) is 7.66. The second kappa shape index (κ2) is 6.25. The molecule has 0 aliphatic heterocycles. The van der Waals surface area contributed by atoms with Gasteiger partial charge in [-0.2, -0.15) is 18.3 Å². The Labute approximate surface area is 173 Å². The first-order valence-corrected chi connectivity index (χ1v) is 10.8. The van der Waals surface area contributed by atoms with Crippen LogP contribution in [0.4, 0.5) is 13.2 Å². The van der Waals surface area contributed by atoms with E-state index in [1.807, 2.05) is 53.4 Å². The topological polar surface area (TPSA) is 33.6 Å². The molecule has 3 aromatic rings. The first-order valence-electron chi connectivity index (χ1n) is 10.8. The van der Waals surface area contributed by atoms with Gasteiger partial charge in [0.05, 0.1) is 5.69 Å². The fourth-order valence-electron chi connectivity index (χ4n) is 6.99. The van der Waals surface area contributed by atoms with Crippen molar-refractivity contribution in [2.75, 3.05) is 0 Å². The van der Waals surface area contributed by atoms with Gasteiger partial charge in [0.1, 0.15) is 5.69 Å². The molecular weight excluding hydrogens is 387 g/mol. The molecular formula is C24H24F3N3. The Bertz CT molecular complexity index is 1030. The number of hydrogen-bond acceptors (Lipinski definition) is 1. The summed E-state index contributed by atoms with van der Waals surface area (Å²) in [5, 5.41) is 6.65. The molecule has 30 heavy (non-hydrogen) atoms. The lowest BCUT2D eigenvalue weighted by Gasteiger charge is -2.57. The van der Waals surface area contributed by atoms with Crippen molar-refractivity contribution in [2.24, 2.45) is 17.8 Å². The van der Waals surface area contributed by atoms with Crippen LogP contribution in [-0.4, -0.2) is 14.8 Å². The molecule has 4 fully saturated rings. The van der Waals surface area contributed by atoms with E-state index in [2.05, 4.69) is 10.2 Å². The van der Waals surface area contributed by atoms with Gasteiger partial charge < -0.3 is 4.57 Å². The quantitative estimate of drug-likeness (QED) is 0.535. The molecule has 0 spiro atoms. The Balaban J connectivity index is 1.47. The number of alkyl halides is 3. The maximum absolute atomic E-state index is 14.0. The van der Waals surface area contributed by atoms with E-state index in [0.717, 1.165) is 30.5 Å². The Morgan fingerprint density at radius 2 is 1.47 bits per heavy atom. The normalized spacial score (nSPS) is 30.2. The van der Waals surface area contributed by atoms with Crippen molar-refractivity contribution in [3.05, 3.63) is 60.0 Å². The average Bonchev–Trinajstić information content (AvgIpc) is 3.37. The van der Waals surface area contributed by atoms with Gasteiger partial charge in [0.15, 0.2) is 0 Å². The molecule has 3 nitrogen and oxygen atoms in total. The number of hydrogen-bond donors (Lipinski definition) is 1. The Morgan fingerprint density at radius 1 is 0.900 bits per heavy atom. The number of nitrogens with zero attached hydrogens (tertiary/aromatic N) is 2. The molecule has 156 valence electrons. The molecule has 4 aliphatic rings. The summed E-state index contributed by atoms with van der Waals surface area (Å²) >= 11 is 0. The summed E-state index contributed by atoms with van der Waals surface area (Å²) in [6.07, 6.45) is 5.67. The van der Waals surface area contributed by atoms with Crippen LogP contribution in [0.15, 0.2) is 48.8 Å². The second-order valence-electron chi connectivity index (χ2n) is 9.66. The molecule has 4 saturated carbocycles. The highest BCUT2D eigenvalue weighted by molar-refractivity contribution is 5.67. The van der Waals surface area contributed by atoms with Gasteiger partial charge in [-0.25, -0.2) is 0 Å². The lowest BCUT2D eigenvalue weighted by atomic mass is 9.47. The zero-order chi connectivity index (χ0) is 20.5. The van der Waals surface area contributed by atoms with E-state index in [-0.39, 0.29) is 5.41 Å². The molecule has 2 heterocycles. The van der Waals surface area contributed by atoms with E-state index in [1.54, 1.807) is 0 Å². The molecule has 1 N–H and O–H groups in total. The minimum Gasteiger partial charge on any atom is -0.324 e. The lowest BCUT2D eigenvalue weighted by molar-refractivity contribution is -0.143. The molecule has 1 aromatic carbocycles. The Hall–Kier alpha value is -2.50. The summed E-state index contributed by atoms with van der Waals surface area (Å²) in [5.74, 6) is 1.70. The molecule has 6 heteroatoms. The number of rotatable bonds is 3. The summed E-state index contributed by atoms with van der Waals surface area (Å²) in [5.41, 5.74) is 1.64. The number of halogens is 3. The van der Waals surface area contributed by atoms with Gasteiger partial charge in [0.2, 0.25) is 0 Å². The molecule has 0 atom stereocenters. The number of aromatic nitrogens is 3. The minimum atomic E-state index is -4.42. The van der Waals surface area contributed by atoms with Crippen LogP contribution < -0.4 is 0 Å². The van der Waals surface area contributed by atoms with Crippen LogP contribution in [-0.2, 0) is 11.6 Å². The summed E-state index contributed by atoms with van der Waals surface area (Å²) in [6, 6.07) is 11.6. The zero-order valence-electron chi connectivity index (χ0n) is 16.6. The lowest BCUT2D eigenvalue weighted by Crippen LogP contribution is -2.49. The van der Waals surface area contributed by atoms with Gasteiger partial charge in [-0.15, -0.1) is 0 Å². The molecule has 4 aliphatic carbocycles. The van der Waals surface area contributed by atoms with Crippen LogP contribution in [0.3, 0.4) is 0 Å². The standard InChI is InChI=1S/C24H24F3N3/c25-24(26,27)22-20(23-12-15-9-16(13-23)11-17(10-15)14-23)21(28-29-22)18-3-5-19(6-4-18)30-7-1-2-8-30/h1-8,15-17H,9-14H2,(H,28,29). The van der Waals surface area contributed by atoms with E-state index in [9.17, 15) is 13.2 Å². The molecule has 0 amide bonds. The van der Waals surface area contributed by atoms with Crippen LogP contribution in [0.25, 0.3) is 16.9 Å². The molecule has 0 saturated heterocycles. The summed E-state index contributed by atoms with van der Waals surface area (Å²) in [4.78, 5) is 0. The highest BCUT2D eigenvalue weighted by atomic mass is 19.4. The Morgan fingerprint density at radius 3 is 2.00 bits per heavy atom. The van der Waals surface area contributed by atoms with Gasteiger partial charge in [0.25, 0.3) is 0 Å². The maximum Gasteiger partial charge on any atom is 0.433 e. The first-order chi connectivity index (χ1) is 14.4. The van der Waals surface area contributed by atoms with Crippen LogP contribution in [0.1, 0.15) is 49.8 Å². The van der Waals surface area contributed by atoms with Gasteiger partial charge in [-0.3, -0.25) is 5.10 Å². The third kappa shape index (κ3) is 2.76. The van der Waals surface area contributed by atoms with Gasteiger partial charge in [-0.1, -0.05) is 12.1 Å². The molecule has 0 unspecified atom stereocenters. The molecule has 2 aromatic heterocycles. The van der Waals surface area contributed by atoms with E-state index >= 15 is 0 Å². The van der Waals surface area contributed by atoms with Crippen molar-refractivity contribution < 1.29 is 13.2 Å². The third-order valence-electron chi connectivity index (χ3n) is 7.66. The van der Waals surface area contributed by atoms with Crippen molar-refractivity contribution in [3.63, 3.8) is 0 Å². The van der Waals surface area contributed by atoms with E-state index in [0.29, 0.717) is 29.0 Å². The largest absolute Gasteiger partial charge is 0.433 e. The van der Waals surface area contributed by atoms with Crippen molar-refractivity contribution in [1.82, 2.24) is 14.8 Å². The first kappa shape index (κ1) is 18.3. The fourth-order valence-corrected chi connectivity index (χ4v) is 6.99. The summed E-state index contributed by atoms with van der Waals surface area (Å²) < 4.78 is 44.1. The second-order valence-corrected chi connectivity index (χ2v) is 9.66. The smallest absolute Gasteiger partial charge is 0.324 e. The SMILES string of the molecule is FC(F)(F)c1[nH]nc(-c2ccc(-n3cccc3)cc2)c1C12CC3CC(CC(C3)C1)C2. The van der Waals surface area contributed by atoms with E-state index in [1.165, 1.54) is 19.3 Å². The summed E-state index contributed by atoms with van der Waals surface area (Å²) in [6.45, 7) is 0. The Kier molecular flexibility index (Phi) is 3.81. The van der Waals surface area contributed by atoms with Crippen LogP contribution in [0.2, 0.25) is 0 Å². The zero-order valence-corrected chi connectivity index (χ0v) is 16.6. The van der Waals surface area contributed by atoms with Gasteiger partial charge in [-0.05, 0) is 80.5 Å².